The Morgan fingerprint density at radius 1 is 1.00 bits per heavy atom. The quantitative estimate of drug-likeness (QED) is 0.472. The minimum atomic E-state index is -0.528. The van der Waals surface area contributed by atoms with Crippen molar-refractivity contribution in [3.05, 3.63) is 105 Å². The zero-order valence-corrected chi connectivity index (χ0v) is 16.0. The van der Waals surface area contributed by atoms with Crippen molar-refractivity contribution in [2.45, 2.75) is 13.5 Å². The van der Waals surface area contributed by atoms with Crippen molar-refractivity contribution in [3.63, 3.8) is 0 Å². The van der Waals surface area contributed by atoms with Crippen LogP contribution in [0.4, 0.5) is 15.8 Å². The van der Waals surface area contributed by atoms with E-state index in [-0.39, 0.29) is 23.7 Å². The monoisotopic (exact) mass is 407 g/mol. The molecule has 2 N–H and O–H groups in total. The molecule has 30 heavy (non-hydrogen) atoms. The molecule has 3 aromatic rings. The summed E-state index contributed by atoms with van der Waals surface area (Å²) in [7, 11) is 0. The third-order valence-electron chi connectivity index (χ3n) is 4.49. The molecule has 0 saturated carbocycles. The third kappa shape index (κ3) is 4.85. The lowest BCUT2D eigenvalue weighted by atomic mass is 10.1. The highest BCUT2D eigenvalue weighted by molar-refractivity contribution is 6.04. The molecule has 152 valence electrons. The van der Waals surface area contributed by atoms with Crippen LogP contribution in [-0.2, 0) is 6.54 Å². The van der Waals surface area contributed by atoms with E-state index in [1.54, 1.807) is 24.3 Å². The zero-order chi connectivity index (χ0) is 21.7. The number of anilines is 1. The number of halogens is 1. The Hall–Kier alpha value is -4.07. The van der Waals surface area contributed by atoms with Crippen LogP contribution in [0.1, 0.15) is 31.8 Å². The summed E-state index contributed by atoms with van der Waals surface area (Å²) in [5, 5.41) is 16.5. The van der Waals surface area contributed by atoms with Gasteiger partial charge in [0, 0.05) is 35.0 Å². The molecule has 7 nitrogen and oxygen atoms in total. The molecule has 3 rings (SSSR count). The highest BCUT2D eigenvalue weighted by Crippen LogP contribution is 2.21. The molecule has 0 fully saturated rings. The number of amides is 2. The molecular weight excluding hydrogens is 389 g/mol. The summed E-state index contributed by atoms with van der Waals surface area (Å²) in [5.41, 5.74) is 1.96. The van der Waals surface area contributed by atoms with Crippen LogP contribution in [0.25, 0.3) is 0 Å². The van der Waals surface area contributed by atoms with E-state index in [4.69, 9.17) is 0 Å². The van der Waals surface area contributed by atoms with Crippen molar-refractivity contribution in [3.8, 4) is 0 Å². The van der Waals surface area contributed by atoms with E-state index >= 15 is 0 Å². The highest BCUT2D eigenvalue weighted by atomic mass is 19.1. The fourth-order valence-corrected chi connectivity index (χ4v) is 2.91. The maximum absolute atomic E-state index is 13.0. The number of carbonyl (C=O) groups is 2. The maximum atomic E-state index is 13.0. The standard InChI is InChI=1S/C22H18FN3O4/c1-14-19(6-3-7-20(14)26(29)30)22(28)24-13-15-4-2-5-18(12-15)25-21(27)16-8-10-17(23)11-9-16/h2-12H,13H2,1H3,(H,24,28)(H,25,27). The topological polar surface area (TPSA) is 101 Å². The first kappa shape index (κ1) is 20.7. The van der Waals surface area contributed by atoms with Crippen LogP contribution in [0, 0.1) is 22.9 Å². The van der Waals surface area contributed by atoms with Crippen LogP contribution < -0.4 is 10.6 Å². The van der Waals surface area contributed by atoms with Gasteiger partial charge in [0.05, 0.1) is 4.92 Å². The molecule has 0 aromatic heterocycles. The summed E-state index contributed by atoms with van der Waals surface area (Å²) in [4.78, 5) is 35.2. The molecule has 0 aliphatic rings. The van der Waals surface area contributed by atoms with Crippen LogP contribution in [0.5, 0.6) is 0 Å². The second-order valence-electron chi connectivity index (χ2n) is 6.55. The number of nitrogens with one attached hydrogen (secondary N) is 2. The normalized spacial score (nSPS) is 10.3. The zero-order valence-electron chi connectivity index (χ0n) is 16.0. The van der Waals surface area contributed by atoms with Crippen LogP contribution in [0.2, 0.25) is 0 Å². The summed E-state index contributed by atoms with van der Waals surface area (Å²) in [6.45, 7) is 1.69. The maximum Gasteiger partial charge on any atom is 0.273 e. The lowest BCUT2D eigenvalue weighted by Crippen LogP contribution is -2.24. The van der Waals surface area contributed by atoms with Crippen molar-refractivity contribution in [2.75, 3.05) is 5.32 Å². The molecule has 8 heteroatoms. The van der Waals surface area contributed by atoms with Crippen molar-refractivity contribution < 1.29 is 18.9 Å². The van der Waals surface area contributed by atoms with Gasteiger partial charge in [-0.3, -0.25) is 19.7 Å². The van der Waals surface area contributed by atoms with E-state index < -0.39 is 16.6 Å². The Morgan fingerprint density at radius 2 is 1.70 bits per heavy atom. The van der Waals surface area contributed by atoms with Gasteiger partial charge in [0.15, 0.2) is 0 Å². The Morgan fingerprint density at radius 3 is 2.40 bits per heavy atom. The first-order valence-electron chi connectivity index (χ1n) is 9.03. The predicted octanol–water partition coefficient (Wildman–Crippen LogP) is 4.22. The van der Waals surface area contributed by atoms with Gasteiger partial charge in [-0.25, -0.2) is 4.39 Å². The van der Waals surface area contributed by atoms with Crippen molar-refractivity contribution in [2.24, 2.45) is 0 Å². The van der Waals surface area contributed by atoms with Crippen molar-refractivity contribution >= 4 is 23.2 Å². The van der Waals surface area contributed by atoms with Crippen molar-refractivity contribution in [1.82, 2.24) is 5.32 Å². The number of nitro groups is 1. The average molecular weight is 407 g/mol. The van der Waals surface area contributed by atoms with Gasteiger partial charge in [-0.2, -0.15) is 0 Å². The first-order chi connectivity index (χ1) is 14.3. The lowest BCUT2D eigenvalue weighted by molar-refractivity contribution is -0.385. The average Bonchev–Trinajstić information content (AvgIpc) is 2.72. The fraction of sp³-hybridized carbons (Fsp3) is 0.0909. The van der Waals surface area contributed by atoms with Gasteiger partial charge in [0.25, 0.3) is 17.5 Å². The van der Waals surface area contributed by atoms with E-state index in [2.05, 4.69) is 10.6 Å². The van der Waals surface area contributed by atoms with Gasteiger partial charge < -0.3 is 10.6 Å². The summed E-state index contributed by atoms with van der Waals surface area (Å²) < 4.78 is 13.0. The number of hydrogen-bond acceptors (Lipinski definition) is 4. The minimum Gasteiger partial charge on any atom is -0.348 e. The molecule has 0 aliphatic heterocycles. The van der Waals surface area contributed by atoms with Crippen molar-refractivity contribution in [1.29, 1.82) is 0 Å². The molecule has 2 amide bonds. The molecule has 0 aliphatic carbocycles. The molecule has 0 heterocycles. The molecule has 3 aromatic carbocycles. The van der Waals surface area contributed by atoms with Crippen LogP contribution in [0.15, 0.2) is 66.7 Å². The number of nitro benzene ring substituents is 1. The summed E-state index contributed by atoms with van der Waals surface area (Å²) in [5.74, 6) is -1.25. The lowest BCUT2D eigenvalue weighted by Gasteiger charge is -2.10. The Labute approximate surface area is 171 Å². The van der Waals surface area contributed by atoms with Crippen LogP contribution in [-0.4, -0.2) is 16.7 Å². The van der Waals surface area contributed by atoms with Gasteiger partial charge in [-0.15, -0.1) is 0 Å². The number of benzene rings is 3. The van der Waals surface area contributed by atoms with Gasteiger partial charge in [0.1, 0.15) is 5.82 Å². The molecule has 0 bridgehead atoms. The van der Waals surface area contributed by atoms with E-state index in [1.807, 2.05) is 0 Å². The molecule has 0 atom stereocenters. The largest absolute Gasteiger partial charge is 0.348 e. The highest BCUT2D eigenvalue weighted by Gasteiger charge is 2.17. The van der Waals surface area contributed by atoms with Crippen LogP contribution >= 0.6 is 0 Å². The summed E-state index contributed by atoms with van der Waals surface area (Å²) >= 11 is 0. The molecule has 0 unspecified atom stereocenters. The Balaban J connectivity index is 1.66. The number of rotatable bonds is 6. The SMILES string of the molecule is Cc1c(C(=O)NCc2cccc(NC(=O)c3ccc(F)cc3)c2)cccc1[N+](=O)[O-]. The van der Waals surface area contributed by atoms with E-state index in [0.717, 1.165) is 5.56 Å². The summed E-state index contributed by atoms with van der Waals surface area (Å²) in [6, 6.07) is 16.4. The first-order valence-corrected chi connectivity index (χ1v) is 9.03. The smallest absolute Gasteiger partial charge is 0.273 e. The van der Waals surface area contributed by atoms with Gasteiger partial charge in [-0.05, 0) is 55.0 Å². The second-order valence-corrected chi connectivity index (χ2v) is 6.55. The molecule has 0 saturated heterocycles. The Bertz CT molecular complexity index is 1110. The summed E-state index contributed by atoms with van der Waals surface area (Å²) in [6.07, 6.45) is 0. The minimum absolute atomic E-state index is 0.117. The molecule has 0 spiro atoms. The van der Waals surface area contributed by atoms with Gasteiger partial charge in [-0.1, -0.05) is 18.2 Å². The Kier molecular flexibility index (Phi) is 6.17. The van der Waals surface area contributed by atoms with E-state index in [0.29, 0.717) is 16.8 Å². The number of nitrogens with zero attached hydrogens (tertiary/aromatic N) is 1. The van der Waals surface area contributed by atoms with E-state index in [9.17, 15) is 24.1 Å². The van der Waals surface area contributed by atoms with Gasteiger partial charge in [0.2, 0.25) is 0 Å². The number of carbonyl (C=O) groups excluding carboxylic acids is 2. The molecular formula is C22H18FN3O4. The number of hydrogen-bond donors (Lipinski definition) is 2. The molecule has 0 radical (unpaired) electrons. The second kappa shape index (κ2) is 8.95. The van der Waals surface area contributed by atoms with Gasteiger partial charge >= 0.3 is 0 Å². The van der Waals surface area contributed by atoms with E-state index in [1.165, 1.54) is 49.4 Å². The van der Waals surface area contributed by atoms with Crippen LogP contribution in [0.3, 0.4) is 0 Å². The third-order valence-corrected chi connectivity index (χ3v) is 4.49. The predicted molar refractivity (Wildman–Crippen MR) is 110 cm³/mol. The fourth-order valence-electron chi connectivity index (χ4n) is 2.91.